The molecule has 5 aliphatic carbocycles. The first kappa shape index (κ1) is 26.9. The van der Waals surface area contributed by atoms with Crippen LogP contribution in [0, 0.1) is 44.8 Å². The summed E-state index contributed by atoms with van der Waals surface area (Å²) in [6.07, 6.45) is 12.7. The standard InChI is InChI=1S/C32H47NO4/c1-20(35)37-25-10-11-30(6)24(27(25,2)3)9-12-32(8)26(30)23(36)17-21-22-18-29(5,33-19-34)15-13-28(22,4)14-16-31(21,32)7/h17,22,24-26H,9-16,18H2,1-8H3. The van der Waals surface area contributed by atoms with Gasteiger partial charge in [-0.1, -0.05) is 47.1 Å². The largest absolute Gasteiger partial charge is 0.462 e. The van der Waals surface area contributed by atoms with E-state index in [1.165, 1.54) is 12.5 Å². The summed E-state index contributed by atoms with van der Waals surface area (Å²) in [6.45, 7) is 17.7. The predicted octanol–water partition coefficient (Wildman–Crippen LogP) is 6.99. The van der Waals surface area contributed by atoms with E-state index >= 15 is 0 Å². The van der Waals surface area contributed by atoms with Gasteiger partial charge in [-0.3, -0.25) is 9.59 Å². The van der Waals surface area contributed by atoms with E-state index in [0.717, 1.165) is 57.8 Å². The van der Waals surface area contributed by atoms with Gasteiger partial charge in [0.25, 0.3) is 0 Å². The molecule has 4 fully saturated rings. The highest BCUT2D eigenvalue weighted by Gasteiger charge is 2.70. The second-order valence-electron chi connectivity index (χ2n) is 15.4. The lowest BCUT2D eigenvalue weighted by molar-refractivity contribution is -0.209. The first-order valence-electron chi connectivity index (χ1n) is 14.6. The topological polar surface area (TPSA) is 72.8 Å². The number of carbonyl (C=O) groups excluding carboxylic acids is 3. The van der Waals surface area contributed by atoms with E-state index in [4.69, 9.17) is 4.74 Å². The lowest BCUT2D eigenvalue weighted by Crippen LogP contribution is -2.66. The molecule has 4 saturated carbocycles. The van der Waals surface area contributed by atoms with Crippen LogP contribution in [0.4, 0.5) is 0 Å². The lowest BCUT2D eigenvalue weighted by Gasteiger charge is -2.70. The Morgan fingerprint density at radius 3 is 2.30 bits per heavy atom. The Bertz CT molecular complexity index is 1100. The van der Waals surface area contributed by atoms with Gasteiger partial charge in [-0.2, -0.15) is 4.99 Å². The number of hydrogen-bond donors (Lipinski definition) is 0. The van der Waals surface area contributed by atoms with Crippen molar-refractivity contribution in [3.05, 3.63) is 11.6 Å². The van der Waals surface area contributed by atoms with Crippen molar-refractivity contribution in [2.45, 2.75) is 125 Å². The Morgan fingerprint density at radius 1 is 0.973 bits per heavy atom. The second-order valence-corrected chi connectivity index (χ2v) is 15.4. The van der Waals surface area contributed by atoms with Crippen LogP contribution >= 0.6 is 0 Å². The zero-order chi connectivity index (χ0) is 27.2. The molecule has 0 amide bonds. The van der Waals surface area contributed by atoms with Gasteiger partial charge in [0, 0.05) is 18.3 Å². The maximum Gasteiger partial charge on any atom is 0.302 e. The van der Waals surface area contributed by atoms with Gasteiger partial charge in [-0.05, 0) is 104 Å². The quantitative estimate of drug-likeness (QED) is 0.228. The van der Waals surface area contributed by atoms with Gasteiger partial charge in [0.15, 0.2) is 5.78 Å². The summed E-state index contributed by atoms with van der Waals surface area (Å²) in [7, 11) is 0. The predicted molar refractivity (Wildman–Crippen MR) is 143 cm³/mol. The highest BCUT2D eigenvalue weighted by atomic mass is 16.5. The zero-order valence-electron chi connectivity index (χ0n) is 24.3. The summed E-state index contributed by atoms with van der Waals surface area (Å²) in [5.74, 6) is 0.662. The molecule has 9 unspecified atom stereocenters. The van der Waals surface area contributed by atoms with Gasteiger partial charge >= 0.3 is 5.97 Å². The third-order valence-corrected chi connectivity index (χ3v) is 13.1. The van der Waals surface area contributed by atoms with Gasteiger partial charge in [0.1, 0.15) is 6.10 Å². The fourth-order valence-electron chi connectivity index (χ4n) is 10.8. The van der Waals surface area contributed by atoms with Crippen LogP contribution < -0.4 is 0 Å². The molecule has 0 radical (unpaired) electrons. The summed E-state index contributed by atoms with van der Waals surface area (Å²) in [5.41, 5.74) is 0.628. The second kappa shape index (κ2) is 8.13. The number of ether oxygens (including phenoxy) is 1. The van der Waals surface area contributed by atoms with Crippen molar-refractivity contribution < 1.29 is 19.1 Å². The number of fused-ring (bicyclic) bond motifs is 7. The molecule has 0 spiro atoms. The normalized spacial score (nSPS) is 50.3. The van der Waals surface area contributed by atoms with E-state index < -0.39 is 5.54 Å². The van der Waals surface area contributed by atoms with Crippen molar-refractivity contribution in [3.63, 3.8) is 0 Å². The Kier molecular flexibility index (Phi) is 5.90. The molecular weight excluding hydrogens is 462 g/mol. The molecule has 5 aliphatic rings. The molecule has 0 aromatic rings. The highest BCUT2D eigenvalue weighted by molar-refractivity contribution is 5.95. The van der Waals surface area contributed by atoms with Crippen molar-refractivity contribution in [3.8, 4) is 0 Å². The summed E-state index contributed by atoms with van der Waals surface area (Å²) in [4.78, 5) is 41.8. The molecule has 0 aliphatic heterocycles. The number of esters is 1. The molecular formula is C32H47NO4. The van der Waals surface area contributed by atoms with Crippen LogP contribution in [0.5, 0.6) is 0 Å². The fraction of sp³-hybridized carbons (Fsp3) is 0.844. The van der Waals surface area contributed by atoms with Crippen molar-refractivity contribution in [2.24, 2.45) is 49.8 Å². The third kappa shape index (κ3) is 3.55. The molecule has 204 valence electrons. The molecule has 5 heteroatoms. The molecule has 0 N–H and O–H groups in total. The first-order chi connectivity index (χ1) is 17.1. The molecule has 0 bridgehead atoms. The third-order valence-electron chi connectivity index (χ3n) is 13.1. The SMILES string of the molecule is CC(=O)OC1CCC2(C)C(CCC3(C)C2C(=O)C=C2C4CC(C)(N=C=O)CCC4(C)CCC23C)C1(C)C. The number of rotatable bonds is 2. The van der Waals surface area contributed by atoms with Crippen molar-refractivity contribution >= 4 is 17.8 Å². The number of nitrogens with zero attached hydrogens (tertiary/aromatic N) is 1. The van der Waals surface area contributed by atoms with Crippen LogP contribution in [0.1, 0.15) is 113 Å². The van der Waals surface area contributed by atoms with Crippen molar-refractivity contribution in [1.29, 1.82) is 0 Å². The van der Waals surface area contributed by atoms with Crippen LogP contribution in [-0.2, 0) is 19.1 Å². The zero-order valence-corrected chi connectivity index (χ0v) is 24.3. The molecule has 0 heterocycles. The van der Waals surface area contributed by atoms with Gasteiger partial charge < -0.3 is 4.74 Å². The van der Waals surface area contributed by atoms with E-state index in [9.17, 15) is 14.4 Å². The average Bonchev–Trinajstić information content (AvgIpc) is 2.78. The van der Waals surface area contributed by atoms with E-state index in [0.29, 0.717) is 11.7 Å². The van der Waals surface area contributed by atoms with Crippen LogP contribution in [0.3, 0.4) is 0 Å². The molecule has 37 heavy (non-hydrogen) atoms. The summed E-state index contributed by atoms with van der Waals surface area (Å²) >= 11 is 0. The van der Waals surface area contributed by atoms with Crippen LogP contribution in [0.2, 0.25) is 0 Å². The molecule has 5 rings (SSSR count). The Morgan fingerprint density at radius 2 is 1.65 bits per heavy atom. The van der Waals surface area contributed by atoms with Crippen LogP contribution in [-0.4, -0.2) is 29.5 Å². The fourth-order valence-corrected chi connectivity index (χ4v) is 10.8. The number of aliphatic imine (C=N–C) groups is 1. The molecule has 5 nitrogen and oxygen atoms in total. The lowest BCUT2D eigenvalue weighted by atomic mass is 9.33. The van der Waals surface area contributed by atoms with Gasteiger partial charge in [0.2, 0.25) is 6.08 Å². The van der Waals surface area contributed by atoms with E-state index in [1.807, 2.05) is 6.08 Å². The van der Waals surface area contributed by atoms with Crippen LogP contribution in [0.25, 0.3) is 0 Å². The highest BCUT2D eigenvalue weighted by Crippen LogP contribution is 2.75. The number of hydrogen-bond acceptors (Lipinski definition) is 5. The van der Waals surface area contributed by atoms with E-state index in [-0.39, 0.29) is 51.0 Å². The minimum absolute atomic E-state index is 0.0302. The number of allylic oxidation sites excluding steroid dienone is 2. The minimum atomic E-state index is -0.394. The molecule has 0 aromatic carbocycles. The van der Waals surface area contributed by atoms with E-state index in [2.05, 4.69) is 59.5 Å². The monoisotopic (exact) mass is 509 g/mol. The number of carbonyl (C=O) groups is 2. The molecule has 0 aromatic heterocycles. The minimum Gasteiger partial charge on any atom is -0.462 e. The van der Waals surface area contributed by atoms with Gasteiger partial charge in [0.05, 0.1) is 5.54 Å². The summed E-state index contributed by atoms with van der Waals surface area (Å²) in [6, 6.07) is 0. The Labute approximate surface area is 223 Å². The number of ketones is 1. The van der Waals surface area contributed by atoms with Crippen LogP contribution in [0.15, 0.2) is 16.6 Å². The van der Waals surface area contributed by atoms with Gasteiger partial charge in [-0.15, -0.1) is 0 Å². The maximum atomic E-state index is 14.4. The molecule has 0 saturated heterocycles. The van der Waals surface area contributed by atoms with Crippen molar-refractivity contribution in [2.75, 3.05) is 0 Å². The number of isocyanates is 1. The molecule has 9 atom stereocenters. The summed E-state index contributed by atoms with van der Waals surface area (Å²) < 4.78 is 5.83. The van der Waals surface area contributed by atoms with Crippen molar-refractivity contribution in [1.82, 2.24) is 0 Å². The average molecular weight is 510 g/mol. The Balaban J connectivity index is 1.58. The smallest absolute Gasteiger partial charge is 0.302 e. The Hall–Kier alpha value is -1.74. The first-order valence-corrected chi connectivity index (χ1v) is 14.6. The maximum absolute atomic E-state index is 14.4. The van der Waals surface area contributed by atoms with Gasteiger partial charge in [-0.25, -0.2) is 4.79 Å². The van der Waals surface area contributed by atoms with E-state index in [1.54, 1.807) is 0 Å². The summed E-state index contributed by atoms with van der Waals surface area (Å²) in [5, 5.41) is 0.